The van der Waals surface area contributed by atoms with E-state index in [2.05, 4.69) is 19.7 Å². The molecule has 1 atom stereocenters. The molecule has 0 fully saturated rings. The lowest BCUT2D eigenvalue weighted by Gasteiger charge is -2.01. The van der Waals surface area contributed by atoms with Crippen molar-refractivity contribution in [2.45, 2.75) is 19.9 Å². The lowest BCUT2D eigenvalue weighted by Crippen LogP contribution is -2.15. The van der Waals surface area contributed by atoms with E-state index in [4.69, 9.17) is 5.73 Å². The number of nitrogens with two attached hydrogens (primary N) is 1. The van der Waals surface area contributed by atoms with Crippen LogP contribution in [0.4, 0.5) is 0 Å². The van der Waals surface area contributed by atoms with E-state index in [1.807, 2.05) is 26.0 Å². The van der Waals surface area contributed by atoms with Crippen LogP contribution >= 0.6 is 0 Å². The fourth-order valence-corrected chi connectivity index (χ4v) is 0.366. The molecule has 0 saturated heterocycles. The van der Waals surface area contributed by atoms with E-state index in [1.165, 1.54) is 0 Å². The van der Waals surface area contributed by atoms with Gasteiger partial charge in [0.1, 0.15) is 0 Å². The fraction of sp³-hybridized carbons (Fsp3) is 0.333. The molecule has 58 valence electrons. The molecule has 1 heteroatoms. The standard InChI is InChI=1S/C7H13N.C2H4/c1-4-5-6(2)7(3)8;1-2/h4-5,7H,2,8H2,1,3H3;1-2H2/b5-4-;. The summed E-state index contributed by atoms with van der Waals surface area (Å²) < 4.78 is 0. The molecule has 0 aliphatic rings. The number of hydrogen-bond donors (Lipinski definition) is 1. The SMILES string of the molecule is C=C.C=C(/C=C\C)C(C)N. The highest BCUT2D eigenvalue weighted by Crippen LogP contribution is 1.95. The smallest absolute Gasteiger partial charge is 0.0260 e. The van der Waals surface area contributed by atoms with Crippen molar-refractivity contribution in [3.63, 3.8) is 0 Å². The Bertz CT molecular complexity index is 112. The van der Waals surface area contributed by atoms with Crippen LogP contribution in [0.3, 0.4) is 0 Å². The summed E-state index contributed by atoms with van der Waals surface area (Å²) >= 11 is 0. The van der Waals surface area contributed by atoms with E-state index in [0.29, 0.717) is 0 Å². The van der Waals surface area contributed by atoms with E-state index in [9.17, 15) is 0 Å². The van der Waals surface area contributed by atoms with Gasteiger partial charge >= 0.3 is 0 Å². The van der Waals surface area contributed by atoms with Gasteiger partial charge in [-0.1, -0.05) is 18.7 Å². The van der Waals surface area contributed by atoms with Crippen LogP contribution in [-0.2, 0) is 0 Å². The second kappa shape index (κ2) is 8.18. The largest absolute Gasteiger partial charge is 0.324 e. The highest BCUT2D eigenvalue weighted by atomic mass is 14.6. The average Bonchev–Trinajstić information content (AvgIpc) is 1.93. The van der Waals surface area contributed by atoms with E-state index in [-0.39, 0.29) is 6.04 Å². The van der Waals surface area contributed by atoms with E-state index in [0.717, 1.165) is 5.57 Å². The van der Waals surface area contributed by atoms with Crippen molar-refractivity contribution in [1.82, 2.24) is 0 Å². The molecular formula is C9H17N. The molecule has 1 unspecified atom stereocenters. The second-order valence-corrected chi connectivity index (χ2v) is 1.86. The van der Waals surface area contributed by atoms with Crippen LogP contribution < -0.4 is 5.73 Å². The maximum absolute atomic E-state index is 5.47. The lowest BCUT2D eigenvalue weighted by molar-refractivity contribution is 0.889. The number of allylic oxidation sites excluding steroid dienone is 1. The molecule has 0 aromatic rings. The molecule has 0 aliphatic carbocycles. The van der Waals surface area contributed by atoms with Crippen molar-refractivity contribution in [2.24, 2.45) is 5.73 Å². The molecular weight excluding hydrogens is 122 g/mol. The third-order valence-electron chi connectivity index (χ3n) is 0.966. The third kappa shape index (κ3) is 7.18. The normalized spacial score (nSPS) is 11.9. The predicted molar refractivity (Wildman–Crippen MR) is 48.9 cm³/mol. The van der Waals surface area contributed by atoms with Crippen molar-refractivity contribution in [1.29, 1.82) is 0 Å². The molecule has 0 amide bonds. The fourth-order valence-electron chi connectivity index (χ4n) is 0.366. The minimum atomic E-state index is 0.0891. The van der Waals surface area contributed by atoms with E-state index < -0.39 is 0 Å². The molecule has 0 aliphatic heterocycles. The molecule has 10 heavy (non-hydrogen) atoms. The summed E-state index contributed by atoms with van der Waals surface area (Å²) in [4.78, 5) is 0. The predicted octanol–water partition coefficient (Wildman–Crippen LogP) is 2.27. The first-order valence-corrected chi connectivity index (χ1v) is 3.25. The Morgan fingerprint density at radius 1 is 1.50 bits per heavy atom. The van der Waals surface area contributed by atoms with Crippen molar-refractivity contribution in [3.8, 4) is 0 Å². The molecule has 1 nitrogen and oxygen atoms in total. The lowest BCUT2D eigenvalue weighted by atomic mass is 10.1. The van der Waals surface area contributed by atoms with E-state index in [1.54, 1.807) is 0 Å². The van der Waals surface area contributed by atoms with Crippen molar-refractivity contribution >= 4 is 0 Å². The van der Waals surface area contributed by atoms with Gasteiger partial charge in [0.15, 0.2) is 0 Å². The summed E-state index contributed by atoms with van der Waals surface area (Å²) in [5, 5.41) is 0. The van der Waals surface area contributed by atoms with Crippen molar-refractivity contribution in [2.75, 3.05) is 0 Å². The Hall–Kier alpha value is -0.820. The zero-order valence-corrected chi connectivity index (χ0v) is 6.93. The summed E-state index contributed by atoms with van der Waals surface area (Å²) in [5.74, 6) is 0. The van der Waals surface area contributed by atoms with Gasteiger partial charge in [0.2, 0.25) is 0 Å². The van der Waals surface area contributed by atoms with Gasteiger partial charge in [-0.2, -0.15) is 0 Å². The minimum Gasteiger partial charge on any atom is -0.324 e. The Kier molecular flexibility index (Phi) is 9.75. The van der Waals surface area contributed by atoms with Crippen LogP contribution in [0, 0.1) is 0 Å². The Morgan fingerprint density at radius 3 is 2.00 bits per heavy atom. The quantitative estimate of drug-likeness (QED) is 0.461. The van der Waals surface area contributed by atoms with Crippen molar-refractivity contribution in [3.05, 3.63) is 37.5 Å². The van der Waals surface area contributed by atoms with Gasteiger partial charge in [-0.3, -0.25) is 0 Å². The maximum Gasteiger partial charge on any atom is 0.0260 e. The van der Waals surface area contributed by atoms with Gasteiger partial charge in [-0.05, 0) is 19.4 Å². The highest BCUT2D eigenvalue weighted by molar-refractivity contribution is 5.18. The molecule has 0 bridgehead atoms. The molecule has 0 saturated carbocycles. The maximum atomic E-state index is 5.47. The first kappa shape index (κ1) is 11.9. The Balaban J connectivity index is 0. The summed E-state index contributed by atoms with van der Waals surface area (Å²) in [6.45, 7) is 13.6. The first-order valence-electron chi connectivity index (χ1n) is 3.25. The average molecular weight is 139 g/mol. The summed E-state index contributed by atoms with van der Waals surface area (Å²) in [7, 11) is 0. The van der Waals surface area contributed by atoms with Gasteiger partial charge < -0.3 is 5.73 Å². The Labute approximate surface area is 63.9 Å². The summed E-state index contributed by atoms with van der Waals surface area (Å²) in [5.41, 5.74) is 6.45. The van der Waals surface area contributed by atoms with Crippen molar-refractivity contribution < 1.29 is 0 Å². The monoisotopic (exact) mass is 139 g/mol. The summed E-state index contributed by atoms with van der Waals surface area (Å²) in [6.07, 6.45) is 3.86. The van der Waals surface area contributed by atoms with Gasteiger partial charge in [-0.25, -0.2) is 0 Å². The molecule has 0 rings (SSSR count). The molecule has 2 N–H and O–H groups in total. The highest BCUT2D eigenvalue weighted by Gasteiger charge is 1.91. The second-order valence-electron chi connectivity index (χ2n) is 1.86. The van der Waals surface area contributed by atoms with Crippen LogP contribution in [-0.4, -0.2) is 6.04 Å². The molecule has 0 radical (unpaired) electrons. The Morgan fingerprint density at radius 2 is 1.90 bits per heavy atom. The molecule has 0 spiro atoms. The molecule has 0 aromatic carbocycles. The molecule has 0 aromatic heterocycles. The van der Waals surface area contributed by atoms with Crippen LogP contribution in [0.5, 0.6) is 0 Å². The first-order chi connectivity index (χ1) is 4.68. The zero-order chi connectivity index (χ0) is 8.57. The van der Waals surface area contributed by atoms with Crippen LogP contribution in [0.25, 0.3) is 0 Å². The van der Waals surface area contributed by atoms with Crippen LogP contribution in [0.15, 0.2) is 37.5 Å². The molecule has 0 heterocycles. The van der Waals surface area contributed by atoms with Gasteiger partial charge in [0, 0.05) is 6.04 Å². The van der Waals surface area contributed by atoms with Crippen LogP contribution in [0.1, 0.15) is 13.8 Å². The van der Waals surface area contributed by atoms with Gasteiger partial charge in [0.25, 0.3) is 0 Å². The third-order valence-corrected chi connectivity index (χ3v) is 0.966. The van der Waals surface area contributed by atoms with Gasteiger partial charge in [-0.15, -0.1) is 13.2 Å². The van der Waals surface area contributed by atoms with Gasteiger partial charge in [0.05, 0.1) is 0 Å². The minimum absolute atomic E-state index is 0.0891. The van der Waals surface area contributed by atoms with E-state index >= 15 is 0 Å². The zero-order valence-electron chi connectivity index (χ0n) is 6.93. The number of hydrogen-bond acceptors (Lipinski definition) is 1. The number of rotatable bonds is 2. The van der Waals surface area contributed by atoms with Crippen LogP contribution in [0.2, 0.25) is 0 Å². The summed E-state index contributed by atoms with van der Waals surface area (Å²) in [6, 6.07) is 0.0891. The topological polar surface area (TPSA) is 26.0 Å².